The minimum absolute atomic E-state index is 0.173. The first-order chi connectivity index (χ1) is 5.55. The summed E-state index contributed by atoms with van der Waals surface area (Å²) in [5, 5.41) is 2.94. The number of nitrogens with one attached hydrogen (secondary N) is 1. The molecule has 2 nitrogen and oxygen atoms in total. The molecule has 1 amide bonds. The van der Waals surface area contributed by atoms with Gasteiger partial charge in [0.2, 0.25) is 5.91 Å². The van der Waals surface area contributed by atoms with Crippen LogP contribution in [-0.2, 0) is 4.79 Å². The molecule has 1 aliphatic carbocycles. The monoisotopic (exact) mass is 189 g/mol. The second kappa shape index (κ2) is 3.65. The molecule has 1 aliphatic rings. The molecule has 0 radical (unpaired) electrons. The van der Waals surface area contributed by atoms with Gasteiger partial charge in [-0.25, -0.2) is 0 Å². The molecule has 0 unspecified atom stereocenters. The molecule has 3 heteroatoms. The highest BCUT2D eigenvalue weighted by atomic mass is 35.5. The Morgan fingerprint density at radius 1 is 1.58 bits per heavy atom. The molecule has 1 fully saturated rings. The SMILES string of the molecule is CC(C)(CCl)NC(=O)C1CCC1. The highest BCUT2D eigenvalue weighted by Gasteiger charge is 2.28. The molecule has 0 aromatic carbocycles. The van der Waals surface area contributed by atoms with Crippen molar-refractivity contribution in [3.05, 3.63) is 0 Å². The van der Waals surface area contributed by atoms with Crippen molar-refractivity contribution < 1.29 is 4.79 Å². The van der Waals surface area contributed by atoms with Crippen LogP contribution in [0.15, 0.2) is 0 Å². The zero-order valence-electron chi connectivity index (χ0n) is 7.69. The molecule has 1 N–H and O–H groups in total. The van der Waals surface area contributed by atoms with Crippen LogP contribution in [0.5, 0.6) is 0 Å². The van der Waals surface area contributed by atoms with Gasteiger partial charge in [-0.15, -0.1) is 11.6 Å². The molecule has 0 spiro atoms. The van der Waals surface area contributed by atoms with Crippen LogP contribution in [0.4, 0.5) is 0 Å². The van der Waals surface area contributed by atoms with E-state index >= 15 is 0 Å². The average Bonchev–Trinajstić information content (AvgIpc) is 1.82. The van der Waals surface area contributed by atoms with Crippen molar-refractivity contribution in [1.82, 2.24) is 5.32 Å². The first-order valence-corrected chi connectivity index (χ1v) is 4.96. The van der Waals surface area contributed by atoms with Crippen molar-refractivity contribution in [2.75, 3.05) is 5.88 Å². The molecular formula is C9H16ClNO. The predicted molar refractivity (Wildman–Crippen MR) is 50.3 cm³/mol. The van der Waals surface area contributed by atoms with E-state index in [1.165, 1.54) is 6.42 Å². The van der Waals surface area contributed by atoms with Gasteiger partial charge in [0.25, 0.3) is 0 Å². The van der Waals surface area contributed by atoms with Gasteiger partial charge in [-0.3, -0.25) is 4.79 Å². The minimum atomic E-state index is -0.256. The second-order valence-corrected chi connectivity index (χ2v) is 4.40. The lowest BCUT2D eigenvalue weighted by molar-refractivity contribution is -0.128. The van der Waals surface area contributed by atoms with Gasteiger partial charge in [0.15, 0.2) is 0 Å². The molecule has 1 saturated carbocycles. The second-order valence-electron chi connectivity index (χ2n) is 4.13. The fraction of sp³-hybridized carbons (Fsp3) is 0.889. The van der Waals surface area contributed by atoms with E-state index in [1.807, 2.05) is 13.8 Å². The lowest BCUT2D eigenvalue weighted by atomic mass is 9.84. The van der Waals surface area contributed by atoms with Gasteiger partial charge in [-0.2, -0.15) is 0 Å². The van der Waals surface area contributed by atoms with Crippen molar-refractivity contribution in [2.24, 2.45) is 5.92 Å². The van der Waals surface area contributed by atoms with E-state index < -0.39 is 0 Å². The van der Waals surface area contributed by atoms with E-state index in [1.54, 1.807) is 0 Å². The van der Waals surface area contributed by atoms with Crippen LogP contribution >= 0.6 is 11.6 Å². The van der Waals surface area contributed by atoms with E-state index in [0.29, 0.717) is 5.88 Å². The van der Waals surface area contributed by atoms with Gasteiger partial charge in [0, 0.05) is 17.3 Å². The Kier molecular flexibility index (Phi) is 2.99. The number of hydrogen-bond donors (Lipinski definition) is 1. The van der Waals surface area contributed by atoms with E-state index in [2.05, 4.69) is 5.32 Å². The zero-order valence-corrected chi connectivity index (χ0v) is 8.45. The average molecular weight is 190 g/mol. The molecule has 0 aromatic heterocycles. The Bertz CT molecular complexity index is 175. The lowest BCUT2D eigenvalue weighted by Gasteiger charge is -2.30. The Labute approximate surface area is 78.7 Å². The van der Waals surface area contributed by atoms with E-state index in [4.69, 9.17) is 11.6 Å². The fourth-order valence-corrected chi connectivity index (χ4v) is 1.21. The summed E-state index contributed by atoms with van der Waals surface area (Å²) in [6.07, 6.45) is 3.29. The number of alkyl halides is 1. The van der Waals surface area contributed by atoms with Crippen LogP contribution < -0.4 is 5.32 Å². The molecule has 12 heavy (non-hydrogen) atoms. The Balaban J connectivity index is 2.34. The van der Waals surface area contributed by atoms with Crippen molar-refractivity contribution >= 4 is 17.5 Å². The fourth-order valence-electron chi connectivity index (χ4n) is 1.14. The first kappa shape index (κ1) is 9.85. The minimum Gasteiger partial charge on any atom is -0.350 e. The molecule has 0 aliphatic heterocycles. The summed E-state index contributed by atoms with van der Waals surface area (Å²) in [5.41, 5.74) is -0.256. The van der Waals surface area contributed by atoms with Gasteiger partial charge < -0.3 is 5.32 Å². The van der Waals surface area contributed by atoms with E-state index in [-0.39, 0.29) is 17.4 Å². The number of halogens is 1. The summed E-state index contributed by atoms with van der Waals surface area (Å²) in [6.45, 7) is 3.88. The number of rotatable bonds is 3. The maximum Gasteiger partial charge on any atom is 0.223 e. The molecule has 0 bridgehead atoms. The quantitative estimate of drug-likeness (QED) is 0.676. The van der Waals surface area contributed by atoms with Gasteiger partial charge in [0.05, 0.1) is 0 Å². The summed E-state index contributed by atoms with van der Waals surface area (Å²) < 4.78 is 0. The maximum atomic E-state index is 11.4. The molecular weight excluding hydrogens is 174 g/mol. The van der Waals surface area contributed by atoms with Gasteiger partial charge in [-0.05, 0) is 26.7 Å². The van der Waals surface area contributed by atoms with Crippen LogP contribution in [-0.4, -0.2) is 17.3 Å². The van der Waals surface area contributed by atoms with Gasteiger partial charge >= 0.3 is 0 Å². The molecule has 1 rings (SSSR count). The molecule has 0 saturated heterocycles. The largest absolute Gasteiger partial charge is 0.350 e. The third-order valence-corrected chi connectivity index (χ3v) is 2.94. The van der Waals surface area contributed by atoms with Crippen molar-refractivity contribution in [2.45, 2.75) is 38.6 Å². The summed E-state index contributed by atoms with van der Waals surface area (Å²) >= 11 is 5.69. The highest BCUT2D eigenvalue weighted by Crippen LogP contribution is 2.26. The summed E-state index contributed by atoms with van der Waals surface area (Å²) in [7, 11) is 0. The van der Waals surface area contributed by atoms with Crippen LogP contribution in [0.3, 0.4) is 0 Å². The Hall–Kier alpha value is -0.240. The van der Waals surface area contributed by atoms with Crippen molar-refractivity contribution in [1.29, 1.82) is 0 Å². The number of carbonyl (C=O) groups is 1. The maximum absolute atomic E-state index is 11.4. The van der Waals surface area contributed by atoms with Crippen LogP contribution in [0.2, 0.25) is 0 Å². The molecule has 0 atom stereocenters. The van der Waals surface area contributed by atoms with Crippen LogP contribution in [0.1, 0.15) is 33.1 Å². The van der Waals surface area contributed by atoms with Crippen LogP contribution in [0.25, 0.3) is 0 Å². The lowest BCUT2D eigenvalue weighted by Crippen LogP contribution is -2.48. The van der Waals surface area contributed by atoms with Crippen molar-refractivity contribution in [3.8, 4) is 0 Å². The third-order valence-electron chi connectivity index (χ3n) is 2.27. The summed E-state index contributed by atoms with van der Waals surface area (Å²) in [5.74, 6) is 0.894. The Morgan fingerprint density at radius 3 is 2.50 bits per heavy atom. The highest BCUT2D eigenvalue weighted by molar-refractivity contribution is 6.18. The third kappa shape index (κ3) is 2.37. The number of carbonyl (C=O) groups excluding carboxylic acids is 1. The molecule has 0 aromatic rings. The van der Waals surface area contributed by atoms with E-state index in [9.17, 15) is 4.79 Å². The van der Waals surface area contributed by atoms with E-state index in [0.717, 1.165) is 12.8 Å². The number of amides is 1. The summed E-state index contributed by atoms with van der Waals surface area (Å²) in [6, 6.07) is 0. The molecule has 0 heterocycles. The van der Waals surface area contributed by atoms with Crippen LogP contribution in [0, 0.1) is 5.92 Å². The summed E-state index contributed by atoms with van der Waals surface area (Å²) in [4.78, 5) is 11.4. The molecule has 70 valence electrons. The first-order valence-electron chi connectivity index (χ1n) is 4.43. The topological polar surface area (TPSA) is 29.1 Å². The predicted octanol–water partition coefficient (Wildman–Crippen LogP) is 1.92. The van der Waals surface area contributed by atoms with Crippen molar-refractivity contribution in [3.63, 3.8) is 0 Å². The van der Waals surface area contributed by atoms with Gasteiger partial charge in [-0.1, -0.05) is 6.42 Å². The Morgan fingerprint density at radius 2 is 2.17 bits per heavy atom. The normalized spacial score (nSPS) is 18.6. The zero-order chi connectivity index (χ0) is 9.19. The van der Waals surface area contributed by atoms with Gasteiger partial charge in [0.1, 0.15) is 0 Å². The smallest absolute Gasteiger partial charge is 0.223 e. The number of hydrogen-bond acceptors (Lipinski definition) is 1. The standard InChI is InChI=1S/C9H16ClNO/c1-9(2,6-10)11-8(12)7-4-3-5-7/h7H,3-6H2,1-2H3,(H,11,12).